The summed E-state index contributed by atoms with van der Waals surface area (Å²) in [7, 11) is 3.98. The van der Waals surface area contributed by atoms with E-state index in [0.717, 1.165) is 24.7 Å². The van der Waals surface area contributed by atoms with E-state index in [0.29, 0.717) is 18.7 Å². The van der Waals surface area contributed by atoms with Crippen LogP contribution in [-0.2, 0) is 19.3 Å². The molecule has 0 bridgehead atoms. The number of hydrogen-bond donors (Lipinski definition) is 0. The molecule has 0 atom stereocenters. The maximum Gasteiger partial charge on any atom is 0.416 e. The van der Waals surface area contributed by atoms with Crippen molar-refractivity contribution in [2.75, 3.05) is 27.2 Å². The first kappa shape index (κ1) is 18.5. The molecule has 2 nitrogen and oxygen atoms in total. The van der Waals surface area contributed by atoms with Crippen LogP contribution < -0.4 is 0 Å². The van der Waals surface area contributed by atoms with E-state index < -0.39 is 11.7 Å². The van der Waals surface area contributed by atoms with Crippen LogP contribution in [0.25, 0.3) is 0 Å². The summed E-state index contributed by atoms with van der Waals surface area (Å²) < 4.78 is 38.7. The van der Waals surface area contributed by atoms with Crippen LogP contribution >= 0.6 is 0 Å². The summed E-state index contributed by atoms with van der Waals surface area (Å²) in [5.41, 5.74) is 1.25. The molecule has 2 aromatic rings. The molecule has 0 aliphatic rings. The van der Waals surface area contributed by atoms with Gasteiger partial charge in [0, 0.05) is 26.2 Å². The van der Waals surface area contributed by atoms with E-state index in [9.17, 15) is 13.2 Å². The van der Waals surface area contributed by atoms with Gasteiger partial charge >= 0.3 is 6.18 Å². The summed E-state index contributed by atoms with van der Waals surface area (Å²) in [4.78, 5) is 4.24. The third-order valence-corrected chi connectivity index (χ3v) is 3.77. The molecule has 0 saturated carbocycles. The van der Waals surface area contributed by atoms with Crippen molar-refractivity contribution in [2.45, 2.75) is 19.3 Å². The highest BCUT2D eigenvalue weighted by Crippen LogP contribution is 2.29. The van der Waals surface area contributed by atoms with Crippen LogP contribution in [0.15, 0.2) is 54.6 Å². The first-order valence-corrected chi connectivity index (χ1v) is 7.92. The lowest BCUT2D eigenvalue weighted by atomic mass is 10.1. The number of rotatable bonds is 7. The van der Waals surface area contributed by atoms with Gasteiger partial charge in [-0.15, -0.1) is 0 Å². The van der Waals surface area contributed by atoms with E-state index >= 15 is 0 Å². The Morgan fingerprint density at radius 2 is 1.42 bits per heavy atom. The average molecular weight is 336 g/mol. The van der Waals surface area contributed by atoms with Gasteiger partial charge in [-0.1, -0.05) is 48.5 Å². The standard InChI is InChI=1S/C19H23F3N2/c1-23(2)11-12-24(14-16-7-4-3-5-8-16)15-17-9-6-10-18(13-17)19(20,21)22/h3-10,13H,11-12,14-15H2,1-2H3. The molecule has 0 aliphatic heterocycles. The fourth-order valence-electron chi connectivity index (χ4n) is 2.50. The molecule has 2 rings (SSSR count). The van der Waals surface area contributed by atoms with Crippen LogP contribution in [0.4, 0.5) is 13.2 Å². The molecule has 0 N–H and O–H groups in total. The fourth-order valence-corrected chi connectivity index (χ4v) is 2.50. The number of likely N-dealkylation sites (N-methyl/N-ethyl adjacent to an activating group) is 1. The van der Waals surface area contributed by atoms with Gasteiger partial charge in [-0.3, -0.25) is 4.90 Å². The quantitative estimate of drug-likeness (QED) is 0.745. The zero-order valence-corrected chi connectivity index (χ0v) is 14.1. The van der Waals surface area contributed by atoms with Gasteiger partial charge in [-0.2, -0.15) is 13.2 Å². The van der Waals surface area contributed by atoms with Gasteiger partial charge in [-0.25, -0.2) is 0 Å². The van der Waals surface area contributed by atoms with Crippen molar-refractivity contribution in [2.24, 2.45) is 0 Å². The van der Waals surface area contributed by atoms with E-state index in [-0.39, 0.29) is 0 Å². The van der Waals surface area contributed by atoms with Crippen LogP contribution in [-0.4, -0.2) is 37.0 Å². The number of nitrogens with zero attached hydrogens (tertiary/aromatic N) is 2. The highest BCUT2D eigenvalue weighted by atomic mass is 19.4. The summed E-state index contributed by atoms with van der Waals surface area (Å²) in [5.74, 6) is 0. The van der Waals surface area contributed by atoms with Gasteiger partial charge in [-0.05, 0) is 31.3 Å². The highest BCUT2D eigenvalue weighted by Gasteiger charge is 2.30. The Labute approximate surface area is 141 Å². The minimum absolute atomic E-state index is 0.493. The van der Waals surface area contributed by atoms with Crippen LogP contribution in [0.3, 0.4) is 0 Å². The second-order valence-electron chi connectivity index (χ2n) is 6.20. The topological polar surface area (TPSA) is 6.48 Å². The molecule has 0 unspecified atom stereocenters. The molecule has 2 aromatic carbocycles. The Hall–Kier alpha value is -1.85. The lowest BCUT2D eigenvalue weighted by molar-refractivity contribution is -0.137. The maximum absolute atomic E-state index is 12.9. The monoisotopic (exact) mass is 336 g/mol. The molecular weight excluding hydrogens is 313 g/mol. The van der Waals surface area contributed by atoms with Gasteiger partial charge < -0.3 is 4.90 Å². The van der Waals surface area contributed by atoms with E-state index in [1.54, 1.807) is 6.07 Å². The molecule has 0 heterocycles. The number of halogens is 3. The van der Waals surface area contributed by atoms with Gasteiger partial charge in [0.25, 0.3) is 0 Å². The molecule has 0 aromatic heterocycles. The van der Waals surface area contributed by atoms with Crippen molar-refractivity contribution in [3.63, 3.8) is 0 Å². The molecule has 0 fully saturated rings. The van der Waals surface area contributed by atoms with Crippen LogP contribution in [0.2, 0.25) is 0 Å². The first-order valence-electron chi connectivity index (χ1n) is 7.92. The molecular formula is C19H23F3N2. The zero-order chi connectivity index (χ0) is 17.6. The number of hydrogen-bond acceptors (Lipinski definition) is 2. The van der Waals surface area contributed by atoms with Crippen molar-refractivity contribution in [3.05, 3.63) is 71.3 Å². The lowest BCUT2D eigenvalue weighted by Gasteiger charge is -2.24. The van der Waals surface area contributed by atoms with Crippen molar-refractivity contribution in [1.82, 2.24) is 9.80 Å². The summed E-state index contributed by atoms with van der Waals surface area (Å²) in [6.07, 6.45) is -4.30. The largest absolute Gasteiger partial charge is 0.416 e. The minimum atomic E-state index is -4.30. The van der Waals surface area contributed by atoms with Gasteiger partial charge in [0.1, 0.15) is 0 Å². The highest BCUT2D eigenvalue weighted by molar-refractivity contribution is 5.26. The summed E-state index contributed by atoms with van der Waals surface area (Å²) in [6, 6.07) is 15.6. The van der Waals surface area contributed by atoms with Gasteiger partial charge in [0.2, 0.25) is 0 Å². The predicted molar refractivity (Wildman–Crippen MR) is 90.6 cm³/mol. The van der Waals surface area contributed by atoms with Crippen molar-refractivity contribution in [1.29, 1.82) is 0 Å². The van der Waals surface area contributed by atoms with Crippen molar-refractivity contribution >= 4 is 0 Å². The summed E-state index contributed by atoms with van der Waals surface area (Å²) in [5, 5.41) is 0. The van der Waals surface area contributed by atoms with E-state index in [2.05, 4.69) is 9.80 Å². The zero-order valence-electron chi connectivity index (χ0n) is 14.1. The van der Waals surface area contributed by atoms with Crippen LogP contribution in [0, 0.1) is 0 Å². The fraction of sp³-hybridized carbons (Fsp3) is 0.368. The minimum Gasteiger partial charge on any atom is -0.308 e. The van der Waals surface area contributed by atoms with E-state index in [1.807, 2.05) is 44.4 Å². The predicted octanol–water partition coefficient (Wildman–Crippen LogP) is 4.27. The Balaban J connectivity index is 2.12. The van der Waals surface area contributed by atoms with E-state index in [1.165, 1.54) is 12.1 Å². The summed E-state index contributed by atoms with van der Waals surface area (Å²) in [6.45, 7) is 2.85. The second kappa shape index (κ2) is 8.31. The Bertz CT molecular complexity index is 624. The number of alkyl halides is 3. The molecule has 130 valence electrons. The molecule has 0 aliphatic carbocycles. The third-order valence-electron chi connectivity index (χ3n) is 3.77. The second-order valence-corrected chi connectivity index (χ2v) is 6.20. The normalized spacial score (nSPS) is 12.1. The Kier molecular flexibility index (Phi) is 6.40. The maximum atomic E-state index is 12.9. The number of benzene rings is 2. The molecule has 5 heteroatoms. The molecule has 0 spiro atoms. The molecule has 0 amide bonds. The van der Waals surface area contributed by atoms with Gasteiger partial charge in [0.05, 0.1) is 5.56 Å². The van der Waals surface area contributed by atoms with Crippen LogP contribution in [0.5, 0.6) is 0 Å². The molecule has 0 saturated heterocycles. The Morgan fingerprint density at radius 1 is 0.792 bits per heavy atom. The van der Waals surface area contributed by atoms with Gasteiger partial charge in [0.15, 0.2) is 0 Å². The SMILES string of the molecule is CN(C)CCN(Cc1ccccc1)Cc1cccc(C(F)(F)F)c1. The lowest BCUT2D eigenvalue weighted by Crippen LogP contribution is -2.31. The average Bonchev–Trinajstić information content (AvgIpc) is 2.53. The molecule has 24 heavy (non-hydrogen) atoms. The van der Waals surface area contributed by atoms with Crippen molar-refractivity contribution in [3.8, 4) is 0 Å². The van der Waals surface area contributed by atoms with E-state index in [4.69, 9.17) is 0 Å². The first-order chi connectivity index (χ1) is 11.3. The smallest absolute Gasteiger partial charge is 0.308 e. The van der Waals surface area contributed by atoms with Crippen molar-refractivity contribution < 1.29 is 13.2 Å². The van der Waals surface area contributed by atoms with Crippen LogP contribution in [0.1, 0.15) is 16.7 Å². The Morgan fingerprint density at radius 3 is 2.04 bits per heavy atom. The third kappa shape index (κ3) is 5.98. The summed E-state index contributed by atoms with van der Waals surface area (Å²) >= 11 is 0. The molecule has 0 radical (unpaired) electrons.